The molecule has 1 fully saturated rings. The number of carboxylic acids is 1. The third-order valence-electron chi connectivity index (χ3n) is 8.43. The second-order valence-electron chi connectivity index (χ2n) is 13.8. The van der Waals surface area contributed by atoms with Gasteiger partial charge in [-0.3, -0.25) is 28.8 Å². The molecule has 1 unspecified atom stereocenters. The van der Waals surface area contributed by atoms with Gasteiger partial charge < -0.3 is 41.3 Å². The number of ketones is 1. The van der Waals surface area contributed by atoms with E-state index in [1.165, 1.54) is 19.1 Å². The van der Waals surface area contributed by atoms with Crippen LogP contribution in [0, 0.1) is 17.8 Å². The Balaban J connectivity index is 2.14. The number of amides is 6. The summed E-state index contributed by atoms with van der Waals surface area (Å²) in [6, 6.07) is 3.05. The molecule has 1 aromatic rings. The van der Waals surface area contributed by atoms with Crippen LogP contribution in [0.2, 0.25) is 0 Å². The maximum absolute atomic E-state index is 13.8. The number of benzene rings is 1. The van der Waals surface area contributed by atoms with Gasteiger partial charge >= 0.3 is 12.1 Å². The molecule has 1 aliphatic rings. The highest BCUT2D eigenvalue weighted by atomic mass is 16.5. The molecule has 16 heteroatoms. The Labute approximate surface area is 304 Å². The summed E-state index contributed by atoms with van der Waals surface area (Å²) in [4.78, 5) is 104. The largest absolute Gasteiger partial charge is 0.479 e. The Morgan fingerprint density at radius 2 is 1.46 bits per heavy atom. The van der Waals surface area contributed by atoms with Gasteiger partial charge in [-0.05, 0) is 49.0 Å². The number of aliphatic carboxylic acids is 1. The van der Waals surface area contributed by atoms with Crippen molar-refractivity contribution in [3.8, 4) is 0 Å². The molecule has 1 saturated heterocycles. The number of hydrogen-bond donors (Lipinski definition) is 6. The topological polar surface area (TPSA) is 229 Å². The minimum absolute atomic E-state index is 0.0536. The van der Waals surface area contributed by atoms with Crippen molar-refractivity contribution < 1.29 is 48.2 Å². The Morgan fingerprint density at radius 1 is 0.846 bits per heavy atom. The van der Waals surface area contributed by atoms with Crippen LogP contribution in [0.25, 0.3) is 0 Å². The third kappa shape index (κ3) is 14.3. The number of likely N-dealkylation sites (tertiary alicyclic amines) is 1. The number of nitrogens with zero attached hydrogens (tertiary/aromatic N) is 1. The summed E-state index contributed by atoms with van der Waals surface area (Å²) in [5.74, 6) is -6.22. The van der Waals surface area contributed by atoms with E-state index in [-0.39, 0.29) is 43.1 Å². The zero-order valence-electron chi connectivity index (χ0n) is 30.9. The standard InChI is InChI=1S/C36H54N6O10/c1-7-11-26(31(45)34(48)37-19-28(44)40-30(35(49)50)24-12-9-8-10-13-24)38-32(46)27(18-21(2)3)39-33(47)29(41-36(51)52-20-22(4)5)25-14-16-42(17-15-25)23(6)43/h8-10,12-13,21-22,25-27,29-30H,7,11,14-20H2,1-6H3,(H,37,48)(H,38,46)(H,39,47)(H,40,44)(H,41,51)(H,49,50)/t26?,27-,29-,30-/m0/s1. The SMILES string of the molecule is CCCC(NC(=O)[C@H](CC(C)C)NC(=O)[C@@H](NC(=O)OCC(C)C)C1CCN(C(C)=O)CC1)C(=O)C(=O)NCC(=O)N[C@H](C(=O)O)c1ccccc1. The van der Waals surface area contributed by atoms with Crippen LogP contribution in [-0.2, 0) is 38.3 Å². The monoisotopic (exact) mass is 730 g/mol. The fraction of sp³-hybridized carbons (Fsp3) is 0.611. The van der Waals surface area contributed by atoms with Crippen LogP contribution < -0.4 is 26.6 Å². The highest BCUT2D eigenvalue weighted by Crippen LogP contribution is 2.22. The second-order valence-corrected chi connectivity index (χ2v) is 13.8. The molecule has 6 amide bonds. The van der Waals surface area contributed by atoms with Gasteiger partial charge in [0.1, 0.15) is 12.1 Å². The van der Waals surface area contributed by atoms with Crippen molar-refractivity contribution in [2.24, 2.45) is 17.8 Å². The lowest BCUT2D eigenvalue weighted by molar-refractivity contribution is -0.142. The number of piperidine rings is 1. The summed E-state index contributed by atoms with van der Waals surface area (Å²) in [6.45, 7) is 10.8. The number of carbonyl (C=O) groups excluding carboxylic acids is 7. The summed E-state index contributed by atoms with van der Waals surface area (Å²) in [7, 11) is 0. The molecular weight excluding hydrogens is 676 g/mol. The normalized spacial score (nSPS) is 15.4. The number of rotatable bonds is 19. The third-order valence-corrected chi connectivity index (χ3v) is 8.43. The highest BCUT2D eigenvalue weighted by molar-refractivity contribution is 6.38. The van der Waals surface area contributed by atoms with Gasteiger partial charge in [0.15, 0.2) is 6.04 Å². The summed E-state index contributed by atoms with van der Waals surface area (Å²) < 4.78 is 5.26. The first-order valence-electron chi connectivity index (χ1n) is 17.7. The van der Waals surface area contributed by atoms with Gasteiger partial charge in [-0.25, -0.2) is 9.59 Å². The molecule has 0 aliphatic carbocycles. The molecular formula is C36H54N6O10. The van der Waals surface area contributed by atoms with Crippen LogP contribution >= 0.6 is 0 Å². The quantitative estimate of drug-likeness (QED) is 0.112. The number of carboxylic acid groups (broad SMARTS) is 1. The minimum Gasteiger partial charge on any atom is -0.479 e. The summed E-state index contributed by atoms with van der Waals surface area (Å²) in [5.41, 5.74) is 0.311. The van der Waals surface area contributed by atoms with Gasteiger partial charge in [0, 0.05) is 20.0 Å². The van der Waals surface area contributed by atoms with E-state index in [1.807, 2.05) is 27.7 Å². The Hall–Kier alpha value is -5.02. The Bertz CT molecular complexity index is 1410. The zero-order chi connectivity index (χ0) is 39.0. The Kier molecular flexibility index (Phi) is 17.7. The van der Waals surface area contributed by atoms with Crippen molar-refractivity contribution >= 4 is 47.4 Å². The predicted octanol–water partition coefficient (Wildman–Crippen LogP) is 1.44. The zero-order valence-corrected chi connectivity index (χ0v) is 30.9. The molecule has 0 spiro atoms. The number of Topliss-reactive ketones (excluding diaryl/α,β-unsaturated/α-hetero) is 1. The van der Waals surface area contributed by atoms with E-state index in [4.69, 9.17) is 4.74 Å². The number of carbonyl (C=O) groups is 8. The summed E-state index contributed by atoms with van der Waals surface area (Å²) in [6.07, 6.45) is 0.684. The molecule has 6 N–H and O–H groups in total. The molecule has 1 aromatic carbocycles. The molecule has 0 saturated carbocycles. The number of alkyl carbamates (subject to hydrolysis) is 1. The molecule has 288 valence electrons. The van der Waals surface area contributed by atoms with Gasteiger partial charge in [-0.1, -0.05) is 71.4 Å². The van der Waals surface area contributed by atoms with Crippen molar-refractivity contribution in [1.29, 1.82) is 0 Å². The number of hydrogen-bond acceptors (Lipinski definition) is 9. The molecule has 16 nitrogen and oxygen atoms in total. The van der Waals surface area contributed by atoms with Crippen molar-refractivity contribution in [3.63, 3.8) is 0 Å². The maximum Gasteiger partial charge on any atom is 0.407 e. The first-order valence-corrected chi connectivity index (χ1v) is 17.7. The fourth-order valence-corrected chi connectivity index (χ4v) is 5.70. The van der Waals surface area contributed by atoms with Crippen molar-refractivity contribution in [3.05, 3.63) is 35.9 Å². The molecule has 4 atom stereocenters. The molecule has 0 bridgehead atoms. The molecule has 52 heavy (non-hydrogen) atoms. The summed E-state index contributed by atoms with van der Waals surface area (Å²) >= 11 is 0. The molecule has 1 aliphatic heterocycles. The van der Waals surface area contributed by atoms with Crippen LogP contribution in [0.5, 0.6) is 0 Å². The van der Waals surface area contributed by atoms with Crippen molar-refractivity contribution in [2.75, 3.05) is 26.2 Å². The van der Waals surface area contributed by atoms with Gasteiger partial charge in [0.25, 0.3) is 5.91 Å². The van der Waals surface area contributed by atoms with Crippen LogP contribution in [0.15, 0.2) is 30.3 Å². The van der Waals surface area contributed by atoms with Gasteiger partial charge in [-0.15, -0.1) is 0 Å². The lowest BCUT2D eigenvalue weighted by Crippen LogP contribution is -2.59. The fourth-order valence-electron chi connectivity index (χ4n) is 5.70. The van der Waals surface area contributed by atoms with E-state index in [0.717, 1.165) is 0 Å². The molecule has 0 aromatic heterocycles. The van der Waals surface area contributed by atoms with E-state index in [9.17, 15) is 43.5 Å². The maximum atomic E-state index is 13.8. The lowest BCUT2D eigenvalue weighted by atomic mass is 9.88. The van der Waals surface area contributed by atoms with Crippen LogP contribution in [0.3, 0.4) is 0 Å². The van der Waals surface area contributed by atoms with Crippen LogP contribution in [0.4, 0.5) is 4.79 Å². The molecule has 1 heterocycles. The Morgan fingerprint density at radius 3 is 2.00 bits per heavy atom. The van der Waals surface area contributed by atoms with Crippen LogP contribution in [-0.4, -0.2) is 102 Å². The highest BCUT2D eigenvalue weighted by Gasteiger charge is 2.37. The first-order chi connectivity index (χ1) is 24.5. The van der Waals surface area contributed by atoms with Crippen molar-refractivity contribution in [1.82, 2.24) is 31.5 Å². The smallest absolute Gasteiger partial charge is 0.407 e. The number of nitrogens with one attached hydrogen (secondary N) is 5. The van der Waals surface area contributed by atoms with E-state index < -0.39 is 72.2 Å². The summed E-state index contributed by atoms with van der Waals surface area (Å²) in [5, 5.41) is 22.0. The van der Waals surface area contributed by atoms with E-state index in [1.54, 1.807) is 30.0 Å². The van der Waals surface area contributed by atoms with E-state index >= 15 is 0 Å². The molecule has 0 radical (unpaired) electrons. The lowest BCUT2D eigenvalue weighted by Gasteiger charge is -2.35. The predicted molar refractivity (Wildman–Crippen MR) is 189 cm³/mol. The van der Waals surface area contributed by atoms with Crippen LogP contribution in [0.1, 0.15) is 85.3 Å². The van der Waals surface area contributed by atoms with Gasteiger partial charge in [-0.2, -0.15) is 0 Å². The second kappa shape index (κ2) is 21.4. The average molecular weight is 731 g/mol. The minimum atomic E-state index is -1.38. The van der Waals surface area contributed by atoms with Gasteiger partial charge in [0.2, 0.25) is 29.4 Å². The molecule has 2 rings (SSSR count). The number of ether oxygens (including phenoxy) is 1. The van der Waals surface area contributed by atoms with Crippen molar-refractivity contribution in [2.45, 2.75) is 97.8 Å². The first kappa shape index (κ1) is 43.1. The van der Waals surface area contributed by atoms with Gasteiger partial charge in [0.05, 0.1) is 19.2 Å². The van der Waals surface area contributed by atoms with E-state index in [2.05, 4.69) is 26.6 Å². The average Bonchev–Trinajstić information content (AvgIpc) is 3.10. The van der Waals surface area contributed by atoms with E-state index in [0.29, 0.717) is 37.9 Å².